The predicted octanol–water partition coefficient (Wildman–Crippen LogP) is 5.94. The smallest absolute Gasteiger partial charge is 0.408 e. The first-order valence-electron chi connectivity index (χ1n) is 16.0. The van der Waals surface area contributed by atoms with E-state index in [1.54, 1.807) is 42.7 Å². The number of carbonyl (C=O) groups is 4. The monoisotopic (exact) mass is 641 g/mol. The molecule has 0 fully saturated rings. The topological polar surface area (TPSA) is 105 Å². The van der Waals surface area contributed by atoms with Gasteiger partial charge in [-0.05, 0) is 67.0 Å². The van der Waals surface area contributed by atoms with Gasteiger partial charge in [0.1, 0.15) is 17.7 Å². The highest BCUT2D eigenvalue weighted by molar-refractivity contribution is 5.93. The van der Waals surface area contributed by atoms with E-state index in [4.69, 9.17) is 9.47 Å². The largest absolute Gasteiger partial charge is 0.465 e. The molecule has 47 heavy (non-hydrogen) atoms. The normalized spacial score (nSPS) is 15.2. The van der Waals surface area contributed by atoms with Crippen LogP contribution < -0.4 is 5.32 Å². The van der Waals surface area contributed by atoms with Crippen molar-refractivity contribution in [3.63, 3.8) is 0 Å². The van der Waals surface area contributed by atoms with Crippen LogP contribution in [-0.4, -0.2) is 65.0 Å². The lowest BCUT2D eigenvalue weighted by molar-refractivity contribution is -0.150. The summed E-state index contributed by atoms with van der Waals surface area (Å²) in [6.07, 6.45) is 0.271. The lowest BCUT2D eigenvalue weighted by atomic mass is 9.84. The summed E-state index contributed by atoms with van der Waals surface area (Å²) in [6, 6.07) is 23.0. The van der Waals surface area contributed by atoms with Crippen molar-refractivity contribution in [1.82, 2.24) is 15.1 Å². The van der Waals surface area contributed by atoms with Gasteiger partial charge in [-0.1, -0.05) is 87.5 Å². The summed E-state index contributed by atoms with van der Waals surface area (Å²) in [5.74, 6) is -0.968. The summed E-state index contributed by atoms with van der Waals surface area (Å²) < 4.78 is 10.4. The molecule has 9 heteroatoms. The van der Waals surface area contributed by atoms with E-state index >= 15 is 0 Å². The highest BCUT2D eigenvalue weighted by atomic mass is 16.6. The molecule has 0 aromatic heterocycles. The van der Waals surface area contributed by atoms with E-state index in [1.807, 2.05) is 87.5 Å². The van der Waals surface area contributed by atoms with Gasteiger partial charge in [0, 0.05) is 26.1 Å². The molecule has 3 aromatic rings. The molecule has 0 saturated carbocycles. The molecule has 2 atom stereocenters. The summed E-state index contributed by atoms with van der Waals surface area (Å²) in [5.41, 5.74) is 2.90. The van der Waals surface area contributed by atoms with E-state index < -0.39 is 35.2 Å². The van der Waals surface area contributed by atoms with Gasteiger partial charge < -0.3 is 24.6 Å². The zero-order valence-electron chi connectivity index (χ0n) is 28.5. The van der Waals surface area contributed by atoms with Crippen molar-refractivity contribution in [3.05, 3.63) is 107 Å². The van der Waals surface area contributed by atoms with Gasteiger partial charge in [0.15, 0.2) is 0 Å². The molecule has 0 saturated heterocycles. The minimum atomic E-state index is -0.943. The zero-order valence-corrected chi connectivity index (χ0v) is 28.5. The highest BCUT2D eigenvalue weighted by Crippen LogP contribution is 2.30. The minimum Gasteiger partial charge on any atom is -0.465 e. The average molecular weight is 642 g/mol. The molecule has 0 bridgehead atoms. The van der Waals surface area contributed by atoms with E-state index in [9.17, 15) is 19.2 Å². The molecule has 9 nitrogen and oxygen atoms in total. The molecule has 1 aliphatic heterocycles. The van der Waals surface area contributed by atoms with Crippen molar-refractivity contribution >= 4 is 23.9 Å². The molecule has 0 aliphatic carbocycles. The SMILES string of the molecule is COC(=O)c1ccc(CN(CCc2ccccc2)C(=O)C2Cc3ccccc3CN2C(=O)C(NC(=O)OC(C)(C)C)C(C)(C)C)cc1. The van der Waals surface area contributed by atoms with E-state index in [0.29, 0.717) is 24.9 Å². The van der Waals surface area contributed by atoms with Crippen molar-refractivity contribution in [2.45, 2.75) is 85.2 Å². The van der Waals surface area contributed by atoms with Crippen LogP contribution in [0.5, 0.6) is 0 Å². The number of fused-ring (bicyclic) bond motifs is 1. The van der Waals surface area contributed by atoms with Gasteiger partial charge in [-0.25, -0.2) is 9.59 Å². The summed E-state index contributed by atoms with van der Waals surface area (Å²) >= 11 is 0. The number of ether oxygens (including phenoxy) is 2. The van der Waals surface area contributed by atoms with Gasteiger partial charge in [0.25, 0.3) is 0 Å². The molecule has 3 aromatic carbocycles. The van der Waals surface area contributed by atoms with Crippen LogP contribution in [0.2, 0.25) is 0 Å². The molecular formula is C38H47N3O6. The van der Waals surface area contributed by atoms with Crippen molar-refractivity contribution in [3.8, 4) is 0 Å². The Morgan fingerprint density at radius 3 is 2.06 bits per heavy atom. The maximum absolute atomic E-state index is 14.7. The Kier molecular flexibility index (Phi) is 11.1. The molecule has 1 aliphatic rings. The molecule has 3 amide bonds. The van der Waals surface area contributed by atoms with Crippen molar-refractivity contribution in [2.24, 2.45) is 5.41 Å². The minimum absolute atomic E-state index is 0.189. The van der Waals surface area contributed by atoms with E-state index in [2.05, 4.69) is 5.32 Å². The first-order chi connectivity index (χ1) is 22.2. The number of hydrogen-bond acceptors (Lipinski definition) is 6. The summed E-state index contributed by atoms with van der Waals surface area (Å²) in [4.78, 5) is 57.6. The van der Waals surface area contributed by atoms with Crippen LogP contribution >= 0.6 is 0 Å². The fourth-order valence-corrected chi connectivity index (χ4v) is 5.69. The predicted molar refractivity (Wildman–Crippen MR) is 180 cm³/mol. The molecule has 1 heterocycles. The Hall–Kier alpha value is -4.66. The van der Waals surface area contributed by atoms with Crippen LogP contribution in [-0.2, 0) is 45.0 Å². The Morgan fingerprint density at radius 2 is 1.47 bits per heavy atom. The summed E-state index contributed by atoms with van der Waals surface area (Å²) in [5, 5.41) is 2.81. The Labute approximate surface area is 278 Å². The highest BCUT2D eigenvalue weighted by Gasteiger charge is 2.43. The van der Waals surface area contributed by atoms with Gasteiger partial charge in [-0.2, -0.15) is 0 Å². The summed E-state index contributed by atoms with van der Waals surface area (Å²) in [7, 11) is 1.34. The first kappa shape index (κ1) is 35.2. The number of methoxy groups -OCH3 is 1. The van der Waals surface area contributed by atoms with Gasteiger partial charge in [-0.15, -0.1) is 0 Å². The standard InChI is InChI=1S/C38H47N3O6/c1-37(2,3)32(39-36(45)47-38(4,5)6)34(43)41-25-30-16-12-11-15-29(30)23-31(41)33(42)40(22-21-26-13-9-8-10-14-26)24-27-17-19-28(20-18-27)35(44)46-7/h8-20,31-32H,21-25H2,1-7H3,(H,39,45). The molecule has 1 N–H and O–H groups in total. The Bertz CT molecular complexity index is 1560. The van der Waals surface area contributed by atoms with Gasteiger partial charge >= 0.3 is 12.1 Å². The lowest BCUT2D eigenvalue weighted by Crippen LogP contribution is -2.61. The number of benzene rings is 3. The van der Waals surface area contributed by atoms with Gasteiger partial charge in [-0.3, -0.25) is 9.59 Å². The molecule has 4 rings (SSSR count). The number of nitrogens with one attached hydrogen (secondary N) is 1. The fourth-order valence-electron chi connectivity index (χ4n) is 5.69. The first-order valence-corrected chi connectivity index (χ1v) is 16.0. The number of carbonyl (C=O) groups excluding carboxylic acids is 4. The third kappa shape index (κ3) is 9.44. The van der Waals surface area contributed by atoms with Crippen LogP contribution in [0, 0.1) is 5.41 Å². The van der Waals surface area contributed by atoms with Gasteiger partial charge in [0.05, 0.1) is 12.7 Å². The number of nitrogens with zero attached hydrogens (tertiary/aromatic N) is 2. The van der Waals surface area contributed by atoms with E-state index in [-0.39, 0.29) is 24.9 Å². The number of rotatable bonds is 9. The summed E-state index contributed by atoms with van der Waals surface area (Å²) in [6.45, 7) is 11.9. The Balaban J connectivity index is 1.69. The quantitative estimate of drug-likeness (QED) is 0.290. The molecule has 2 unspecified atom stereocenters. The van der Waals surface area contributed by atoms with Crippen LogP contribution in [0.1, 0.15) is 74.2 Å². The second-order valence-electron chi connectivity index (χ2n) is 14.1. The van der Waals surface area contributed by atoms with E-state index in [1.165, 1.54) is 7.11 Å². The van der Waals surface area contributed by atoms with Crippen molar-refractivity contribution in [1.29, 1.82) is 0 Å². The number of esters is 1. The maximum atomic E-state index is 14.7. The molecule has 0 spiro atoms. The fraction of sp³-hybridized carbons (Fsp3) is 0.421. The van der Waals surface area contributed by atoms with E-state index in [0.717, 1.165) is 22.3 Å². The second kappa shape index (κ2) is 14.8. The molecular weight excluding hydrogens is 594 g/mol. The number of hydrogen-bond donors (Lipinski definition) is 1. The van der Waals surface area contributed by atoms with Crippen LogP contribution in [0.3, 0.4) is 0 Å². The lowest BCUT2D eigenvalue weighted by Gasteiger charge is -2.42. The molecule has 0 radical (unpaired) electrons. The van der Waals surface area contributed by atoms with Crippen molar-refractivity contribution < 1.29 is 28.7 Å². The second-order valence-corrected chi connectivity index (χ2v) is 14.1. The van der Waals surface area contributed by atoms with Crippen LogP contribution in [0.4, 0.5) is 4.79 Å². The molecule has 250 valence electrons. The maximum Gasteiger partial charge on any atom is 0.408 e. The van der Waals surface area contributed by atoms with Gasteiger partial charge in [0.2, 0.25) is 11.8 Å². The third-order valence-electron chi connectivity index (χ3n) is 8.16. The van der Waals surface area contributed by atoms with Crippen LogP contribution in [0.25, 0.3) is 0 Å². The van der Waals surface area contributed by atoms with Crippen LogP contribution in [0.15, 0.2) is 78.9 Å². The third-order valence-corrected chi connectivity index (χ3v) is 8.16. The van der Waals surface area contributed by atoms with Crippen molar-refractivity contribution in [2.75, 3.05) is 13.7 Å². The zero-order chi connectivity index (χ0) is 34.4. The number of alkyl carbamates (subject to hydrolysis) is 1. The average Bonchev–Trinajstić information content (AvgIpc) is 3.03. The number of amides is 3. The Morgan fingerprint density at radius 1 is 0.851 bits per heavy atom.